The molecule has 0 unspecified atom stereocenters. The van der Waals surface area contributed by atoms with Crippen LogP contribution < -0.4 is 5.32 Å². The van der Waals surface area contributed by atoms with Crippen LogP contribution in [-0.2, 0) is 13.0 Å². The van der Waals surface area contributed by atoms with Crippen LogP contribution in [0.5, 0.6) is 0 Å². The normalized spacial score (nSPS) is 18.4. The molecule has 0 radical (unpaired) electrons. The SMILES string of the molecule is CCCCc1ncc(CN2CCC[C@@H](Nc3ccc(F)c(F)c3)C2)[nH]1. The summed E-state index contributed by atoms with van der Waals surface area (Å²) in [7, 11) is 0. The molecular formula is C19H26F2N4. The lowest BCUT2D eigenvalue weighted by molar-refractivity contribution is 0.206. The third-order valence-corrected chi connectivity index (χ3v) is 4.64. The highest BCUT2D eigenvalue weighted by Gasteiger charge is 2.20. The van der Waals surface area contributed by atoms with E-state index in [0.717, 1.165) is 56.8 Å². The molecule has 1 aliphatic heterocycles. The molecule has 1 saturated heterocycles. The van der Waals surface area contributed by atoms with Crippen molar-refractivity contribution in [1.29, 1.82) is 0 Å². The summed E-state index contributed by atoms with van der Waals surface area (Å²) in [5.41, 5.74) is 1.77. The van der Waals surface area contributed by atoms with Gasteiger partial charge in [0.2, 0.25) is 0 Å². The van der Waals surface area contributed by atoms with Crippen LogP contribution in [0.2, 0.25) is 0 Å². The quantitative estimate of drug-likeness (QED) is 0.791. The van der Waals surface area contributed by atoms with Gasteiger partial charge in [-0.3, -0.25) is 4.90 Å². The van der Waals surface area contributed by atoms with Gasteiger partial charge in [-0.15, -0.1) is 0 Å². The molecule has 0 spiro atoms. The highest BCUT2D eigenvalue weighted by Crippen LogP contribution is 2.19. The van der Waals surface area contributed by atoms with Crippen LogP contribution in [0.1, 0.15) is 44.1 Å². The minimum absolute atomic E-state index is 0.237. The molecule has 0 aliphatic carbocycles. The first-order valence-corrected chi connectivity index (χ1v) is 9.10. The van der Waals surface area contributed by atoms with E-state index in [0.29, 0.717) is 5.69 Å². The maximum absolute atomic E-state index is 13.4. The van der Waals surface area contributed by atoms with Crippen molar-refractivity contribution in [1.82, 2.24) is 14.9 Å². The van der Waals surface area contributed by atoms with Crippen molar-refractivity contribution < 1.29 is 8.78 Å². The molecular weight excluding hydrogens is 322 g/mol. The first kappa shape index (κ1) is 17.9. The molecule has 0 saturated carbocycles. The van der Waals surface area contributed by atoms with Crippen molar-refractivity contribution in [3.05, 3.63) is 47.5 Å². The van der Waals surface area contributed by atoms with Crippen LogP contribution in [0.4, 0.5) is 14.5 Å². The predicted molar refractivity (Wildman–Crippen MR) is 95.5 cm³/mol. The molecule has 1 aromatic heterocycles. The zero-order valence-corrected chi connectivity index (χ0v) is 14.7. The van der Waals surface area contributed by atoms with Crippen molar-refractivity contribution in [2.75, 3.05) is 18.4 Å². The van der Waals surface area contributed by atoms with E-state index in [4.69, 9.17) is 0 Å². The average molecular weight is 348 g/mol. The number of nitrogens with zero attached hydrogens (tertiary/aromatic N) is 2. The van der Waals surface area contributed by atoms with Crippen LogP contribution in [0, 0.1) is 11.6 Å². The molecule has 1 fully saturated rings. The molecule has 1 atom stereocenters. The van der Waals surface area contributed by atoms with Gasteiger partial charge in [-0.25, -0.2) is 13.8 Å². The largest absolute Gasteiger partial charge is 0.381 e. The number of hydrogen-bond donors (Lipinski definition) is 2. The van der Waals surface area contributed by atoms with Gasteiger partial charge in [-0.05, 0) is 37.9 Å². The van der Waals surface area contributed by atoms with Crippen LogP contribution in [0.3, 0.4) is 0 Å². The third kappa shape index (κ3) is 5.01. The molecule has 2 N–H and O–H groups in total. The maximum Gasteiger partial charge on any atom is 0.160 e. The lowest BCUT2D eigenvalue weighted by Gasteiger charge is -2.33. The van der Waals surface area contributed by atoms with Gasteiger partial charge in [0.25, 0.3) is 0 Å². The summed E-state index contributed by atoms with van der Waals surface area (Å²) in [5, 5.41) is 3.32. The van der Waals surface area contributed by atoms with Crippen molar-refractivity contribution >= 4 is 5.69 Å². The van der Waals surface area contributed by atoms with Crippen LogP contribution >= 0.6 is 0 Å². The number of nitrogens with one attached hydrogen (secondary N) is 2. The number of unbranched alkanes of at least 4 members (excludes halogenated alkanes) is 1. The molecule has 2 heterocycles. The van der Waals surface area contributed by atoms with Gasteiger partial charge in [0.15, 0.2) is 11.6 Å². The molecule has 136 valence electrons. The summed E-state index contributed by atoms with van der Waals surface area (Å²) in [5.74, 6) is -0.561. The van der Waals surface area contributed by atoms with Crippen molar-refractivity contribution in [2.45, 2.75) is 51.6 Å². The Kier molecular flexibility index (Phi) is 6.02. The van der Waals surface area contributed by atoms with Gasteiger partial charge >= 0.3 is 0 Å². The highest BCUT2D eigenvalue weighted by atomic mass is 19.2. The van der Waals surface area contributed by atoms with E-state index in [-0.39, 0.29) is 6.04 Å². The second-order valence-electron chi connectivity index (χ2n) is 6.81. The summed E-state index contributed by atoms with van der Waals surface area (Å²) in [4.78, 5) is 10.2. The molecule has 0 amide bonds. The first-order chi connectivity index (χ1) is 12.1. The molecule has 6 heteroatoms. The number of H-pyrrole nitrogens is 1. The van der Waals surface area contributed by atoms with Gasteiger partial charge in [0.05, 0.1) is 0 Å². The summed E-state index contributed by atoms with van der Waals surface area (Å²) >= 11 is 0. The number of hydrogen-bond acceptors (Lipinski definition) is 3. The standard InChI is InChI=1S/C19H26F2N4/c1-2-3-6-19-22-11-16(24-19)13-25-9-4-5-15(12-25)23-14-7-8-17(20)18(21)10-14/h7-8,10-11,15,23H,2-6,9,12-13H2,1H3,(H,22,24)/t15-/m1/s1. The Labute approximate surface area is 147 Å². The summed E-state index contributed by atoms with van der Waals surface area (Å²) < 4.78 is 26.4. The fourth-order valence-electron chi connectivity index (χ4n) is 3.34. The summed E-state index contributed by atoms with van der Waals surface area (Å²) in [6.45, 7) is 4.94. The number of aryl methyl sites for hydroxylation is 1. The molecule has 0 bridgehead atoms. The van der Waals surface area contributed by atoms with E-state index in [1.54, 1.807) is 6.07 Å². The van der Waals surface area contributed by atoms with Crippen molar-refractivity contribution in [3.8, 4) is 0 Å². The number of anilines is 1. The Hall–Kier alpha value is -1.95. The van der Waals surface area contributed by atoms with E-state index in [2.05, 4.69) is 27.1 Å². The number of aromatic amines is 1. The Bertz CT molecular complexity index is 686. The van der Waals surface area contributed by atoms with E-state index in [9.17, 15) is 8.78 Å². The van der Waals surface area contributed by atoms with Crippen LogP contribution in [-0.4, -0.2) is 34.0 Å². The van der Waals surface area contributed by atoms with Crippen molar-refractivity contribution in [2.24, 2.45) is 0 Å². The van der Waals surface area contributed by atoms with Gasteiger partial charge in [0.1, 0.15) is 5.82 Å². The Morgan fingerprint density at radius 2 is 2.20 bits per heavy atom. The number of rotatable bonds is 7. The van der Waals surface area contributed by atoms with Gasteiger partial charge in [-0.1, -0.05) is 13.3 Å². The third-order valence-electron chi connectivity index (χ3n) is 4.64. The van der Waals surface area contributed by atoms with E-state index in [1.807, 2.05) is 6.20 Å². The minimum atomic E-state index is -0.811. The lowest BCUT2D eigenvalue weighted by Crippen LogP contribution is -2.41. The lowest BCUT2D eigenvalue weighted by atomic mass is 10.1. The zero-order chi connectivity index (χ0) is 17.6. The Morgan fingerprint density at radius 3 is 3.00 bits per heavy atom. The Balaban J connectivity index is 1.53. The molecule has 4 nitrogen and oxygen atoms in total. The number of benzene rings is 1. The van der Waals surface area contributed by atoms with Gasteiger partial charge in [-0.2, -0.15) is 0 Å². The van der Waals surface area contributed by atoms with Crippen LogP contribution in [0.15, 0.2) is 24.4 Å². The van der Waals surface area contributed by atoms with E-state index >= 15 is 0 Å². The fourth-order valence-corrected chi connectivity index (χ4v) is 3.34. The second kappa shape index (κ2) is 8.43. The molecule has 1 aromatic carbocycles. The van der Waals surface area contributed by atoms with Crippen LogP contribution in [0.25, 0.3) is 0 Å². The van der Waals surface area contributed by atoms with E-state index < -0.39 is 11.6 Å². The highest BCUT2D eigenvalue weighted by molar-refractivity contribution is 5.44. The van der Waals surface area contributed by atoms with Gasteiger partial charge < -0.3 is 10.3 Å². The monoisotopic (exact) mass is 348 g/mol. The minimum Gasteiger partial charge on any atom is -0.381 e. The van der Waals surface area contributed by atoms with Crippen molar-refractivity contribution in [3.63, 3.8) is 0 Å². The number of piperidine rings is 1. The van der Waals surface area contributed by atoms with Gasteiger partial charge in [0, 0.05) is 49.2 Å². The summed E-state index contributed by atoms with van der Waals surface area (Å²) in [6, 6.07) is 4.22. The molecule has 2 aromatic rings. The first-order valence-electron chi connectivity index (χ1n) is 9.10. The smallest absolute Gasteiger partial charge is 0.160 e. The predicted octanol–water partition coefficient (Wildman–Crippen LogP) is 4.11. The molecule has 25 heavy (non-hydrogen) atoms. The number of imidazole rings is 1. The second-order valence-corrected chi connectivity index (χ2v) is 6.81. The maximum atomic E-state index is 13.4. The summed E-state index contributed by atoms with van der Waals surface area (Å²) in [6.07, 6.45) is 7.35. The zero-order valence-electron chi connectivity index (χ0n) is 14.7. The Morgan fingerprint density at radius 1 is 1.32 bits per heavy atom. The molecule has 1 aliphatic rings. The number of halogens is 2. The molecule has 3 rings (SSSR count). The van der Waals surface area contributed by atoms with E-state index in [1.165, 1.54) is 18.6 Å². The number of likely N-dealkylation sites (tertiary alicyclic amines) is 1. The number of aromatic nitrogens is 2. The average Bonchev–Trinajstić information content (AvgIpc) is 3.04. The topological polar surface area (TPSA) is 44.0 Å². The fraction of sp³-hybridized carbons (Fsp3) is 0.526.